The predicted molar refractivity (Wildman–Crippen MR) is 124 cm³/mol. The summed E-state index contributed by atoms with van der Waals surface area (Å²) in [6.07, 6.45) is 3.79. The molecule has 0 saturated carbocycles. The highest BCUT2D eigenvalue weighted by molar-refractivity contribution is 5.91. The van der Waals surface area contributed by atoms with Crippen molar-refractivity contribution in [2.24, 2.45) is 0 Å². The molecule has 2 amide bonds. The summed E-state index contributed by atoms with van der Waals surface area (Å²) in [6.45, 7) is 3.51. The summed E-state index contributed by atoms with van der Waals surface area (Å²) in [6, 6.07) is 15.7. The lowest BCUT2D eigenvalue weighted by atomic mass is 10.1. The average Bonchev–Trinajstić information content (AvgIpc) is 3.46. The van der Waals surface area contributed by atoms with E-state index in [0.29, 0.717) is 19.6 Å². The fraction of sp³-hybridized carbons (Fsp3) is 0.400. The minimum absolute atomic E-state index is 0.0375. The summed E-state index contributed by atoms with van der Waals surface area (Å²) in [5, 5.41) is 5.93. The van der Waals surface area contributed by atoms with Crippen molar-refractivity contribution in [2.45, 2.75) is 51.7 Å². The SMILES string of the molecule is CCc1ccc(NC(=O)Cn2c(CCCNC(=O)C3CCCO3)nc3ccccc32)cc1. The fourth-order valence-corrected chi connectivity index (χ4v) is 4.02. The third-order valence-electron chi connectivity index (χ3n) is 5.78. The molecule has 7 nitrogen and oxygen atoms in total. The van der Waals surface area contributed by atoms with Crippen LogP contribution >= 0.6 is 0 Å². The number of nitrogens with zero attached hydrogens (tertiary/aromatic N) is 2. The van der Waals surface area contributed by atoms with Crippen LogP contribution in [0.2, 0.25) is 0 Å². The number of ether oxygens (including phenoxy) is 1. The van der Waals surface area contributed by atoms with E-state index in [4.69, 9.17) is 9.72 Å². The molecule has 1 saturated heterocycles. The van der Waals surface area contributed by atoms with Gasteiger partial charge in [0.2, 0.25) is 11.8 Å². The first-order valence-corrected chi connectivity index (χ1v) is 11.4. The van der Waals surface area contributed by atoms with Crippen molar-refractivity contribution in [1.29, 1.82) is 0 Å². The Kier molecular flexibility index (Phi) is 7.17. The number of hydrogen-bond acceptors (Lipinski definition) is 4. The summed E-state index contributed by atoms with van der Waals surface area (Å²) >= 11 is 0. The monoisotopic (exact) mass is 434 g/mol. The quantitative estimate of drug-likeness (QED) is 0.505. The zero-order valence-electron chi connectivity index (χ0n) is 18.5. The van der Waals surface area contributed by atoms with Crippen LogP contribution in [0.5, 0.6) is 0 Å². The van der Waals surface area contributed by atoms with Gasteiger partial charge in [-0.1, -0.05) is 31.2 Å². The zero-order valence-corrected chi connectivity index (χ0v) is 18.5. The second-order valence-corrected chi connectivity index (χ2v) is 8.10. The number of aromatic nitrogens is 2. The number of hydrogen-bond donors (Lipinski definition) is 2. The lowest BCUT2D eigenvalue weighted by Crippen LogP contribution is -2.34. The molecule has 1 fully saturated rings. The molecule has 168 valence electrons. The van der Waals surface area contributed by atoms with Gasteiger partial charge in [0.15, 0.2) is 0 Å². The molecule has 1 unspecified atom stereocenters. The standard InChI is InChI=1S/C25H30N4O3/c1-2-18-11-13-19(14-12-18)27-24(30)17-29-21-8-4-3-7-20(21)28-23(29)10-5-15-26-25(31)22-9-6-16-32-22/h3-4,7-8,11-14,22H,2,5-6,9-10,15-17H2,1H3,(H,26,31)(H,27,30). The van der Waals surface area contributed by atoms with Crippen molar-refractivity contribution < 1.29 is 14.3 Å². The first kappa shape index (κ1) is 22.0. The van der Waals surface area contributed by atoms with Crippen molar-refractivity contribution in [2.75, 3.05) is 18.5 Å². The highest BCUT2D eigenvalue weighted by atomic mass is 16.5. The molecule has 1 aliphatic heterocycles. The van der Waals surface area contributed by atoms with Crippen LogP contribution in [0, 0.1) is 0 Å². The van der Waals surface area contributed by atoms with E-state index in [9.17, 15) is 9.59 Å². The predicted octanol–water partition coefficient (Wildman–Crippen LogP) is 3.47. The number of carbonyl (C=O) groups is 2. The molecule has 1 aromatic heterocycles. The number of rotatable bonds is 9. The summed E-state index contributed by atoms with van der Waals surface area (Å²) < 4.78 is 7.39. The Morgan fingerprint density at radius 1 is 1.16 bits per heavy atom. The molecular weight excluding hydrogens is 404 g/mol. The normalized spacial score (nSPS) is 15.7. The Balaban J connectivity index is 1.39. The van der Waals surface area contributed by atoms with Crippen molar-refractivity contribution in [3.05, 3.63) is 59.9 Å². The number of aryl methyl sites for hydroxylation is 2. The average molecular weight is 435 g/mol. The maximum absolute atomic E-state index is 12.8. The summed E-state index contributed by atoms with van der Waals surface area (Å²) in [5.41, 5.74) is 3.82. The maximum Gasteiger partial charge on any atom is 0.249 e. The minimum atomic E-state index is -0.310. The Morgan fingerprint density at radius 2 is 1.97 bits per heavy atom. The van der Waals surface area contributed by atoms with Gasteiger partial charge in [0.1, 0.15) is 18.5 Å². The number of amides is 2. The lowest BCUT2D eigenvalue weighted by molar-refractivity contribution is -0.130. The van der Waals surface area contributed by atoms with Gasteiger partial charge in [-0.15, -0.1) is 0 Å². The van der Waals surface area contributed by atoms with Crippen molar-refractivity contribution in [1.82, 2.24) is 14.9 Å². The summed E-state index contributed by atoms with van der Waals surface area (Å²) in [4.78, 5) is 29.6. The molecule has 4 rings (SSSR count). The highest BCUT2D eigenvalue weighted by Gasteiger charge is 2.23. The van der Waals surface area contributed by atoms with Gasteiger partial charge in [0.25, 0.3) is 0 Å². The van der Waals surface area contributed by atoms with Gasteiger partial charge in [-0.2, -0.15) is 0 Å². The van der Waals surface area contributed by atoms with Gasteiger partial charge in [0.05, 0.1) is 11.0 Å². The van der Waals surface area contributed by atoms with E-state index in [2.05, 4.69) is 17.6 Å². The van der Waals surface area contributed by atoms with Gasteiger partial charge in [-0.25, -0.2) is 4.98 Å². The largest absolute Gasteiger partial charge is 0.368 e. The Labute approximate surface area is 188 Å². The minimum Gasteiger partial charge on any atom is -0.368 e. The molecule has 0 bridgehead atoms. The molecule has 3 aromatic rings. The van der Waals surface area contributed by atoms with Crippen LogP contribution in [0.3, 0.4) is 0 Å². The molecule has 1 aliphatic rings. The van der Waals surface area contributed by atoms with E-state index >= 15 is 0 Å². The zero-order chi connectivity index (χ0) is 22.3. The number of benzene rings is 2. The molecule has 0 spiro atoms. The van der Waals surface area contributed by atoms with Crippen molar-refractivity contribution in [3.8, 4) is 0 Å². The third kappa shape index (κ3) is 5.34. The molecule has 2 N–H and O–H groups in total. The van der Waals surface area contributed by atoms with Gasteiger partial charge < -0.3 is 19.9 Å². The van der Waals surface area contributed by atoms with E-state index in [0.717, 1.165) is 48.2 Å². The molecule has 2 aromatic carbocycles. The summed E-state index contributed by atoms with van der Waals surface area (Å²) in [7, 11) is 0. The number of imidazole rings is 1. The molecule has 32 heavy (non-hydrogen) atoms. The van der Waals surface area contributed by atoms with E-state index in [1.165, 1.54) is 5.56 Å². The van der Waals surface area contributed by atoms with E-state index in [-0.39, 0.29) is 24.5 Å². The molecule has 0 radical (unpaired) electrons. The van der Waals surface area contributed by atoms with E-state index in [1.807, 2.05) is 53.1 Å². The number of fused-ring (bicyclic) bond motifs is 1. The Hall–Kier alpha value is -3.19. The van der Waals surface area contributed by atoms with Crippen LogP contribution in [-0.2, 0) is 33.7 Å². The van der Waals surface area contributed by atoms with Crippen LogP contribution in [0.4, 0.5) is 5.69 Å². The second kappa shape index (κ2) is 10.4. The first-order valence-electron chi connectivity index (χ1n) is 11.4. The van der Waals surface area contributed by atoms with Crippen molar-refractivity contribution in [3.63, 3.8) is 0 Å². The smallest absolute Gasteiger partial charge is 0.249 e. The lowest BCUT2D eigenvalue weighted by Gasteiger charge is -2.12. The Bertz CT molecular complexity index is 1070. The molecule has 0 aliphatic carbocycles. The van der Waals surface area contributed by atoms with Gasteiger partial charge in [0, 0.05) is 25.3 Å². The van der Waals surface area contributed by atoms with Crippen LogP contribution < -0.4 is 10.6 Å². The topological polar surface area (TPSA) is 85.2 Å². The van der Waals surface area contributed by atoms with Crippen LogP contribution in [0.1, 0.15) is 37.6 Å². The van der Waals surface area contributed by atoms with Gasteiger partial charge >= 0.3 is 0 Å². The molecule has 2 heterocycles. The second-order valence-electron chi connectivity index (χ2n) is 8.10. The van der Waals surface area contributed by atoms with E-state index < -0.39 is 0 Å². The first-order chi connectivity index (χ1) is 15.6. The summed E-state index contributed by atoms with van der Waals surface area (Å²) in [5.74, 6) is 0.712. The van der Waals surface area contributed by atoms with Crippen molar-refractivity contribution >= 4 is 28.5 Å². The Morgan fingerprint density at radius 3 is 2.72 bits per heavy atom. The number of para-hydroxylation sites is 2. The molecular formula is C25H30N4O3. The third-order valence-corrected chi connectivity index (χ3v) is 5.78. The number of nitrogens with one attached hydrogen (secondary N) is 2. The van der Waals surface area contributed by atoms with Gasteiger partial charge in [-0.3, -0.25) is 9.59 Å². The fourth-order valence-electron chi connectivity index (χ4n) is 4.02. The van der Waals surface area contributed by atoms with Crippen LogP contribution in [-0.4, -0.2) is 40.6 Å². The highest BCUT2D eigenvalue weighted by Crippen LogP contribution is 2.18. The van der Waals surface area contributed by atoms with Gasteiger partial charge in [-0.05, 0) is 55.5 Å². The molecule has 7 heteroatoms. The number of anilines is 1. The van der Waals surface area contributed by atoms with Crippen LogP contribution in [0.15, 0.2) is 48.5 Å². The molecule has 1 atom stereocenters. The van der Waals surface area contributed by atoms with E-state index in [1.54, 1.807) is 0 Å². The number of carbonyl (C=O) groups excluding carboxylic acids is 2. The van der Waals surface area contributed by atoms with Crippen LogP contribution in [0.25, 0.3) is 11.0 Å². The maximum atomic E-state index is 12.8.